The van der Waals surface area contributed by atoms with Crippen LogP contribution in [0.4, 0.5) is 10.6 Å². The summed E-state index contributed by atoms with van der Waals surface area (Å²) >= 11 is 13.8. The number of nitrogens with one attached hydrogen (secondary N) is 2. The standard InChI is InChI=1S/C35H52Cl2N6O5Si/c1-21-28(22(2)47-42-21)30-29(37)32(39-23-14-16-38-17-15-23)41-31(40-30)26-18-24(12-13-27(26)36)45-20-25(48-49(10,11)35(6,7)8)19-43(9)33(44)46-34(3,4)5/h12-13,18,23,25,38H,14-17,19-20H2,1-11H3,(H,39,40,41). The normalized spacial score (nSPS) is 15.2. The molecule has 1 aliphatic rings. The number of carbonyl (C=O) groups excluding carboxylic acids is 1. The maximum absolute atomic E-state index is 12.9. The maximum atomic E-state index is 12.9. The van der Waals surface area contributed by atoms with Gasteiger partial charge in [-0.05, 0) is 96.9 Å². The van der Waals surface area contributed by atoms with Gasteiger partial charge in [0.1, 0.15) is 40.3 Å². The lowest BCUT2D eigenvalue weighted by atomic mass is 10.1. The van der Waals surface area contributed by atoms with Crippen LogP contribution in [0.15, 0.2) is 22.7 Å². The fraction of sp³-hybridized carbons (Fsp3) is 0.600. The molecule has 49 heavy (non-hydrogen) atoms. The summed E-state index contributed by atoms with van der Waals surface area (Å²) in [6.07, 6.45) is 1.02. The molecule has 1 unspecified atom stereocenters. The lowest BCUT2D eigenvalue weighted by Gasteiger charge is -2.40. The summed E-state index contributed by atoms with van der Waals surface area (Å²) in [5.41, 5.74) is 1.85. The summed E-state index contributed by atoms with van der Waals surface area (Å²) in [6.45, 7) is 22.4. The average molecular weight is 736 g/mol. The fourth-order valence-corrected chi connectivity index (χ4v) is 6.97. The van der Waals surface area contributed by atoms with Gasteiger partial charge in [-0.25, -0.2) is 14.8 Å². The van der Waals surface area contributed by atoms with Crippen LogP contribution in [0.5, 0.6) is 5.75 Å². The molecule has 3 aromatic rings. The van der Waals surface area contributed by atoms with E-state index in [1.54, 1.807) is 19.2 Å². The zero-order valence-electron chi connectivity index (χ0n) is 30.7. The van der Waals surface area contributed by atoms with Crippen molar-refractivity contribution in [2.24, 2.45) is 0 Å². The highest BCUT2D eigenvalue weighted by Gasteiger charge is 2.40. The van der Waals surface area contributed by atoms with Crippen molar-refractivity contribution in [3.05, 3.63) is 39.7 Å². The van der Waals surface area contributed by atoms with E-state index in [-0.39, 0.29) is 24.2 Å². The molecule has 0 bridgehead atoms. The van der Waals surface area contributed by atoms with E-state index in [2.05, 4.69) is 49.7 Å². The summed E-state index contributed by atoms with van der Waals surface area (Å²) in [7, 11) is -0.527. The highest BCUT2D eigenvalue weighted by atomic mass is 35.5. The molecular weight excluding hydrogens is 683 g/mol. The second-order valence-corrected chi connectivity index (χ2v) is 20.8. The molecule has 270 valence electrons. The van der Waals surface area contributed by atoms with Gasteiger partial charge in [0.25, 0.3) is 0 Å². The Morgan fingerprint density at radius 2 is 1.80 bits per heavy atom. The van der Waals surface area contributed by atoms with Crippen molar-refractivity contribution >= 4 is 43.4 Å². The third-order valence-electron chi connectivity index (χ3n) is 8.87. The molecule has 11 nitrogen and oxygen atoms in total. The van der Waals surface area contributed by atoms with Crippen LogP contribution in [-0.2, 0) is 9.16 Å². The number of aromatic nitrogens is 3. The molecule has 4 rings (SSSR count). The predicted molar refractivity (Wildman–Crippen MR) is 198 cm³/mol. The number of nitrogens with zero attached hydrogens (tertiary/aromatic N) is 4. The minimum absolute atomic E-state index is 0.0477. The Kier molecular flexibility index (Phi) is 12.3. The quantitative estimate of drug-likeness (QED) is 0.185. The maximum Gasteiger partial charge on any atom is 0.410 e. The minimum Gasteiger partial charge on any atom is -0.491 e. The van der Waals surface area contributed by atoms with Crippen LogP contribution in [0, 0.1) is 13.8 Å². The first-order valence-electron chi connectivity index (χ1n) is 16.8. The van der Waals surface area contributed by atoms with Crippen molar-refractivity contribution in [3.8, 4) is 28.4 Å². The fourth-order valence-electron chi connectivity index (χ4n) is 5.20. The van der Waals surface area contributed by atoms with Gasteiger partial charge in [-0.15, -0.1) is 0 Å². The number of benzene rings is 1. The number of amides is 1. The SMILES string of the molecule is Cc1noc(C)c1-c1nc(-c2cc(OCC(CN(C)C(=O)OC(C)(C)C)O[Si](C)(C)C(C)(C)C)ccc2Cl)nc(NC2CCNCC2)c1Cl. The van der Waals surface area contributed by atoms with Crippen LogP contribution in [0.1, 0.15) is 65.8 Å². The molecule has 1 fully saturated rings. The zero-order chi connectivity index (χ0) is 36.3. The van der Waals surface area contributed by atoms with E-state index in [0.29, 0.717) is 55.7 Å². The molecule has 0 radical (unpaired) electrons. The molecule has 1 atom stereocenters. The molecule has 2 N–H and O–H groups in total. The first kappa shape index (κ1) is 38.9. The Morgan fingerprint density at radius 1 is 1.12 bits per heavy atom. The summed E-state index contributed by atoms with van der Waals surface area (Å²) in [5, 5.41) is 11.9. The Morgan fingerprint density at radius 3 is 2.39 bits per heavy atom. The van der Waals surface area contributed by atoms with Gasteiger partial charge in [0, 0.05) is 18.7 Å². The van der Waals surface area contributed by atoms with Gasteiger partial charge in [-0.1, -0.05) is 49.1 Å². The number of carbonyl (C=O) groups is 1. The van der Waals surface area contributed by atoms with Gasteiger partial charge < -0.3 is 34.0 Å². The predicted octanol–water partition coefficient (Wildman–Crippen LogP) is 8.52. The second-order valence-electron chi connectivity index (χ2n) is 15.2. The van der Waals surface area contributed by atoms with Crippen molar-refractivity contribution in [1.29, 1.82) is 0 Å². The van der Waals surface area contributed by atoms with Crippen molar-refractivity contribution in [1.82, 2.24) is 25.3 Å². The molecule has 1 amide bonds. The van der Waals surface area contributed by atoms with Gasteiger partial charge in [-0.2, -0.15) is 0 Å². The number of ether oxygens (including phenoxy) is 2. The molecule has 1 aliphatic heterocycles. The average Bonchev–Trinajstić information content (AvgIpc) is 3.33. The number of aryl methyl sites for hydroxylation is 2. The first-order valence-corrected chi connectivity index (χ1v) is 20.4. The zero-order valence-corrected chi connectivity index (χ0v) is 33.2. The number of anilines is 1. The van der Waals surface area contributed by atoms with Crippen LogP contribution >= 0.6 is 23.2 Å². The Balaban J connectivity index is 1.67. The summed E-state index contributed by atoms with van der Waals surface area (Å²) in [5.74, 6) is 2.05. The molecule has 3 heterocycles. The number of piperidine rings is 1. The van der Waals surface area contributed by atoms with Gasteiger partial charge in [0.15, 0.2) is 14.1 Å². The summed E-state index contributed by atoms with van der Waals surface area (Å²) < 4.78 is 24.2. The number of hydrogen-bond donors (Lipinski definition) is 2. The number of hydrogen-bond acceptors (Lipinski definition) is 10. The van der Waals surface area contributed by atoms with E-state index in [0.717, 1.165) is 25.9 Å². The largest absolute Gasteiger partial charge is 0.491 e. The van der Waals surface area contributed by atoms with Crippen molar-refractivity contribution in [3.63, 3.8) is 0 Å². The number of rotatable bonds is 11. The summed E-state index contributed by atoms with van der Waals surface area (Å²) in [4.78, 5) is 24.2. The van der Waals surface area contributed by atoms with Gasteiger partial charge >= 0.3 is 6.09 Å². The Labute approximate surface area is 301 Å². The van der Waals surface area contributed by atoms with E-state index < -0.39 is 26.1 Å². The lowest BCUT2D eigenvalue weighted by molar-refractivity contribution is 0.0172. The van der Waals surface area contributed by atoms with E-state index in [1.165, 1.54) is 4.90 Å². The number of halogens is 2. The molecule has 1 saturated heterocycles. The highest BCUT2D eigenvalue weighted by molar-refractivity contribution is 6.74. The molecule has 2 aromatic heterocycles. The summed E-state index contributed by atoms with van der Waals surface area (Å²) in [6, 6.07) is 5.57. The van der Waals surface area contributed by atoms with Gasteiger partial charge in [-0.3, -0.25) is 0 Å². The first-order chi connectivity index (χ1) is 22.8. The molecule has 0 aliphatic carbocycles. The van der Waals surface area contributed by atoms with Crippen LogP contribution in [0.25, 0.3) is 22.6 Å². The van der Waals surface area contributed by atoms with Crippen LogP contribution in [0.2, 0.25) is 28.2 Å². The lowest BCUT2D eigenvalue weighted by Crippen LogP contribution is -2.49. The monoisotopic (exact) mass is 734 g/mol. The van der Waals surface area contributed by atoms with Crippen molar-refractivity contribution in [2.75, 3.05) is 38.6 Å². The Bertz CT molecular complexity index is 1600. The van der Waals surface area contributed by atoms with Crippen LogP contribution < -0.4 is 15.4 Å². The minimum atomic E-state index is -2.24. The van der Waals surface area contributed by atoms with Crippen molar-refractivity contribution in [2.45, 2.75) is 104 Å². The van der Waals surface area contributed by atoms with E-state index in [4.69, 9.17) is 51.6 Å². The van der Waals surface area contributed by atoms with Crippen LogP contribution in [-0.4, -0.2) is 85.5 Å². The second kappa shape index (κ2) is 15.5. The van der Waals surface area contributed by atoms with Gasteiger partial charge in [0.05, 0.1) is 28.9 Å². The molecule has 0 saturated carbocycles. The van der Waals surface area contributed by atoms with E-state index >= 15 is 0 Å². The van der Waals surface area contributed by atoms with E-state index in [9.17, 15) is 4.79 Å². The molecule has 14 heteroatoms. The highest BCUT2D eigenvalue weighted by Crippen LogP contribution is 2.40. The number of likely N-dealkylation sites (N-methyl/N-ethyl adjacent to an activating group) is 1. The smallest absolute Gasteiger partial charge is 0.410 e. The van der Waals surface area contributed by atoms with Crippen LogP contribution in [0.3, 0.4) is 0 Å². The Hall–Kier alpha value is -2.90. The third kappa shape index (κ3) is 10.1. The molecule has 0 spiro atoms. The van der Waals surface area contributed by atoms with Gasteiger partial charge in [0.2, 0.25) is 0 Å². The molecule has 1 aromatic carbocycles. The van der Waals surface area contributed by atoms with Crippen molar-refractivity contribution < 1.29 is 23.2 Å². The third-order valence-corrected chi connectivity index (χ3v) is 14.1. The molecular formula is C35H52Cl2N6O5Si. The van der Waals surface area contributed by atoms with E-state index in [1.807, 2.05) is 40.7 Å². The topological polar surface area (TPSA) is 124 Å².